The second-order valence-corrected chi connectivity index (χ2v) is 5.39. The minimum atomic E-state index is -0.113. The topological polar surface area (TPSA) is 67.2 Å². The van der Waals surface area contributed by atoms with Gasteiger partial charge in [0.05, 0.1) is 6.26 Å². The summed E-state index contributed by atoms with van der Waals surface area (Å²) in [5.74, 6) is -0.113. The molecule has 5 nitrogen and oxygen atoms in total. The van der Waals surface area contributed by atoms with E-state index in [9.17, 15) is 4.79 Å². The van der Waals surface area contributed by atoms with Gasteiger partial charge in [0.2, 0.25) is 0 Å². The predicted molar refractivity (Wildman–Crippen MR) is 84.3 cm³/mol. The van der Waals surface area contributed by atoms with Crippen LogP contribution >= 0.6 is 24.8 Å². The van der Waals surface area contributed by atoms with E-state index < -0.39 is 0 Å². The Labute approximate surface area is 134 Å². The van der Waals surface area contributed by atoms with Crippen molar-refractivity contribution in [1.82, 2.24) is 15.6 Å². The maximum atomic E-state index is 12.2. The third kappa shape index (κ3) is 2.86. The van der Waals surface area contributed by atoms with Gasteiger partial charge in [-0.1, -0.05) is 0 Å². The Morgan fingerprint density at radius 2 is 2.24 bits per heavy atom. The first-order valence-corrected chi connectivity index (χ1v) is 6.70. The molecule has 4 heterocycles. The van der Waals surface area contributed by atoms with Crippen LogP contribution in [0, 0.1) is 0 Å². The van der Waals surface area contributed by atoms with Gasteiger partial charge in [0.15, 0.2) is 0 Å². The van der Waals surface area contributed by atoms with Crippen LogP contribution in [0.15, 0.2) is 29.0 Å². The molecule has 2 aliphatic rings. The molecule has 2 fully saturated rings. The summed E-state index contributed by atoms with van der Waals surface area (Å²) >= 11 is 0. The minimum Gasteiger partial charge on any atom is -0.464 e. The molecule has 0 aliphatic carbocycles. The second kappa shape index (κ2) is 6.22. The van der Waals surface area contributed by atoms with Crippen LogP contribution < -0.4 is 10.6 Å². The Morgan fingerprint density at radius 3 is 2.95 bits per heavy atom. The first-order valence-electron chi connectivity index (χ1n) is 6.70. The number of nitrogens with zero attached hydrogens (tertiary/aromatic N) is 1. The average Bonchev–Trinajstić information content (AvgIpc) is 3.13. The quantitative estimate of drug-likeness (QED) is 0.887. The molecule has 0 saturated carbocycles. The number of amides is 1. The van der Waals surface area contributed by atoms with Crippen LogP contribution in [-0.4, -0.2) is 29.0 Å². The van der Waals surface area contributed by atoms with Crippen LogP contribution in [-0.2, 0) is 0 Å². The van der Waals surface area contributed by atoms with E-state index >= 15 is 0 Å². The van der Waals surface area contributed by atoms with Crippen molar-refractivity contribution in [2.45, 2.75) is 37.4 Å². The fourth-order valence-electron chi connectivity index (χ4n) is 3.21. The standard InChI is InChI=1S/C14H15N3O2.2ClH/c18-14(17-11-5-9-1-2-10(11)16-9)12-6-13-8(7-15-12)3-4-19-13;;/h3-4,6-7,9-11,16H,1-2,5H2,(H,17,18);2*1H/t9-,10+,11-;;/m1../s1. The molecule has 1 amide bonds. The molecule has 0 spiro atoms. The average molecular weight is 330 g/mol. The number of hydrogen-bond acceptors (Lipinski definition) is 4. The summed E-state index contributed by atoms with van der Waals surface area (Å²) in [4.78, 5) is 16.4. The van der Waals surface area contributed by atoms with Crippen molar-refractivity contribution < 1.29 is 9.21 Å². The molecular weight excluding hydrogens is 313 g/mol. The van der Waals surface area contributed by atoms with Crippen LogP contribution in [0.25, 0.3) is 11.0 Å². The van der Waals surface area contributed by atoms with Crippen molar-refractivity contribution in [3.05, 3.63) is 30.3 Å². The van der Waals surface area contributed by atoms with E-state index in [1.807, 2.05) is 6.07 Å². The molecule has 2 aliphatic heterocycles. The summed E-state index contributed by atoms with van der Waals surface area (Å²) in [5, 5.41) is 7.50. The number of carbonyl (C=O) groups is 1. The molecule has 2 aromatic heterocycles. The van der Waals surface area contributed by atoms with E-state index in [-0.39, 0.29) is 36.8 Å². The van der Waals surface area contributed by atoms with E-state index in [2.05, 4.69) is 15.6 Å². The van der Waals surface area contributed by atoms with E-state index in [1.165, 1.54) is 6.42 Å². The van der Waals surface area contributed by atoms with Crippen molar-refractivity contribution in [3.63, 3.8) is 0 Å². The van der Waals surface area contributed by atoms with Crippen LogP contribution in [0.5, 0.6) is 0 Å². The molecule has 2 saturated heterocycles. The number of hydrogen-bond donors (Lipinski definition) is 2. The molecule has 2 bridgehead atoms. The highest BCUT2D eigenvalue weighted by Gasteiger charge is 2.39. The minimum absolute atomic E-state index is 0. The van der Waals surface area contributed by atoms with Crippen molar-refractivity contribution in [2.75, 3.05) is 0 Å². The number of nitrogens with one attached hydrogen (secondary N) is 2. The highest BCUT2D eigenvalue weighted by Crippen LogP contribution is 2.28. The first-order chi connectivity index (χ1) is 9.29. The maximum Gasteiger partial charge on any atom is 0.270 e. The number of pyridine rings is 1. The third-order valence-corrected chi connectivity index (χ3v) is 4.19. The van der Waals surface area contributed by atoms with Crippen LogP contribution in [0.4, 0.5) is 0 Å². The van der Waals surface area contributed by atoms with Gasteiger partial charge in [0, 0.05) is 35.8 Å². The molecular formula is C14H17Cl2N3O2. The van der Waals surface area contributed by atoms with Gasteiger partial charge < -0.3 is 15.1 Å². The smallest absolute Gasteiger partial charge is 0.270 e. The number of aromatic nitrogens is 1. The molecule has 21 heavy (non-hydrogen) atoms. The molecule has 0 unspecified atom stereocenters. The lowest BCUT2D eigenvalue weighted by molar-refractivity contribution is 0.0926. The van der Waals surface area contributed by atoms with E-state index in [1.54, 1.807) is 18.5 Å². The van der Waals surface area contributed by atoms with Gasteiger partial charge in [-0.05, 0) is 25.3 Å². The fourth-order valence-corrected chi connectivity index (χ4v) is 3.21. The zero-order chi connectivity index (χ0) is 12.8. The number of carbonyl (C=O) groups excluding carboxylic acids is 1. The lowest BCUT2D eigenvalue weighted by Gasteiger charge is -2.21. The second-order valence-electron chi connectivity index (χ2n) is 5.39. The summed E-state index contributed by atoms with van der Waals surface area (Å²) < 4.78 is 5.30. The van der Waals surface area contributed by atoms with Crippen LogP contribution in [0.1, 0.15) is 29.8 Å². The molecule has 0 aromatic carbocycles. The van der Waals surface area contributed by atoms with E-state index in [4.69, 9.17) is 4.42 Å². The molecule has 114 valence electrons. The largest absolute Gasteiger partial charge is 0.464 e. The van der Waals surface area contributed by atoms with Gasteiger partial charge in [-0.15, -0.1) is 24.8 Å². The van der Waals surface area contributed by atoms with Crippen molar-refractivity contribution in [3.8, 4) is 0 Å². The van der Waals surface area contributed by atoms with E-state index in [0.29, 0.717) is 23.4 Å². The fraction of sp³-hybridized carbons (Fsp3) is 0.429. The zero-order valence-corrected chi connectivity index (χ0v) is 12.9. The normalized spacial score (nSPS) is 26.2. The van der Waals surface area contributed by atoms with E-state index in [0.717, 1.165) is 18.2 Å². The Hall–Kier alpha value is -1.30. The Bertz CT molecular complexity index is 646. The monoisotopic (exact) mass is 329 g/mol. The highest BCUT2D eigenvalue weighted by molar-refractivity contribution is 5.95. The predicted octanol–water partition coefficient (Wildman–Crippen LogP) is 2.29. The summed E-state index contributed by atoms with van der Waals surface area (Å²) in [5.41, 5.74) is 1.12. The van der Waals surface area contributed by atoms with Crippen LogP contribution in [0.2, 0.25) is 0 Å². The number of furan rings is 1. The van der Waals surface area contributed by atoms with Crippen LogP contribution in [0.3, 0.4) is 0 Å². The van der Waals surface area contributed by atoms with Gasteiger partial charge in [-0.25, -0.2) is 0 Å². The van der Waals surface area contributed by atoms with Gasteiger partial charge in [-0.3, -0.25) is 9.78 Å². The SMILES string of the molecule is Cl.Cl.O=C(N[C@@H]1C[C@H]2CC[C@@H]1N2)c1cc2occc2cn1. The summed E-state index contributed by atoms with van der Waals surface area (Å²) in [6.45, 7) is 0. The third-order valence-electron chi connectivity index (χ3n) is 4.19. The Morgan fingerprint density at radius 1 is 1.38 bits per heavy atom. The Kier molecular flexibility index (Phi) is 4.76. The molecule has 7 heteroatoms. The molecule has 0 radical (unpaired) electrons. The molecule has 3 atom stereocenters. The lowest BCUT2D eigenvalue weighted by atomic mass is 9.95. The Balaban J connectivity index is 0.000000807. The molecule has 4 rings (SSSR count). The maximum absolute atomic E-state index is 12.2. The van der Waals surface area contributed by atoms with Gasteiger partial charge in [0.1, 0.15) is 11.3 Å². The molecule has 2 N–H and O–H groups in total. The van der Waals surface area contributed by atoms with Crippen molar-refractivity contribution in [1.29, 1.82) is 0 Å². The number of rotatable bonds is 2. The van der Waals surface area contributed by atoms with Crippen molar-refractivity contribution in [2.24, 2.45) is 0 Å². The van der Waals surface area contributed by atoms with Gasteiger partial charge >= 0.3 is 0 Å². The van der Waals surface area contributed by atoms with Crippen molar-refractivity contribution >= 4 is 41.7 Å². The summed E-state index contributed by atoms with van der Waals surface area (Å²) in [7, 11) is 0. The number of fused-ring (bicyclic) bond motifs is 3. The van der Waals surface area contributed by atoms with Gasteiger partial charge in [0.25, 0.3) is 5.91 Å². The number of halogens is 2. The highest BCUT2D eigenvalue weighted by atomic mass is 35.5. The molecule has 2 aromatic rings. The zero-order valence-electron chi connectivity index (χ0n) is 11.2. The first kappa shape index (κ1) is 16.1. The lowest BCUT2D eigenvalue weighted by Crippen LogP contribution is -2.43. The summed E-state index contributed by atoms with van der Waals surface area (Å²) in [6, 6.07) is 4.78. The summed E-state index contributed by atoms with van der Waals surface area (Å²) in [6.07, 6.45) is 6.69. The van der Waals surface area contributed by atoms with Gasteiger partial charge in [-0.2, -0.15) is 0 Å².